The van der Waals surface area contributed by atoms with Gasteiger partial charge in [0.2, 0.25) is 0 Å². The molecule has 100 valence electrons. The Morgan fingerprint density at radius 2 is 2.28 bits per heavy atom. The van der Waals surface area contributed by atoms with E-state index in [4.69, 9.17) is 15.2 Å². The molecule has 1 aliphatic rings. The topological polar surface area (TPSA) is 56.5 Å². The third kappa shape index (κ3) is 3.81. The third-order valence-corrected chi connectivity index (χ3v) is 3.23. The van der Waals surface area contributed by atoms with Gasteiger partial charge in [-0.3, -0.25) is 0 Å². The number of rotatable bonds is 5. The number of nitrogen functional groups attached to an aromatic ring is 1. The molecule has 0 aliphatic carbocycles. The van der Waals surface area contributed by atoms with E-state index in [-0.39, 0.29) is 0 Å². The predicted molar refractivity (Wildman–Crippen MR) is 74.1 cm³/mol. The van der Waals surface area contributed by atoms with Crippen molar-refractivity contribution in [1.82, 2.24) is 0 Å². The highest BCUT2D eigenvalue weighted by Crippen LogP contribution is 2.22. The number of methoxy groups -OCH3 is 1. The summed E-state index contributed by atoms with van der Waals surface area (Å²) in [5.74, 6) is 0.784. The van der Waals surface area contributed by atoms with E-state index in [0.29, 0.717) is 11.8 Å². The zero-order valence-electron chi connectivity index (χ0n) is 10.9. The quantitative estimate of drug-likeness (QED) is 0.789. The molecular weight excluding hydrogens is 228 g/mol. The number of anilines is 2. The van der Waals surface area contributed by atoms with Crippen LogP contribution in [-0.4, -0.2) is 26.4 Å². The zero-order valence-corrected chi connectivity index (χ0v) is 10.9. The highest BCUT2D eigenvalue weighted by Gasteiger charge is 2.12. The Balaban J connectivity index is 1.80. The van der Waals surface area contributed by atoms with E-state index in [2.05, 4.69) is 5.32 Å². The van der Waals surface area contributed by atoms with Crippen molar-refractivity contribution in [2.75, 3.05) is 31.3 Å². The zero-order chi connectivity index (χ0) is 12.8. The molecule has 0 aromatic heterocycles. The summed E-state index contributed by atoms with van der Waals surface area (Å²) in [6, 6.07) is 5.69. The van der Waals surface area contributed by atoms with Crippen LogP contribution < -0.4 is 15.8 Å². The Morgan fingerprint density at radius 3 is 3.00 bits per heavy atom. The summed E-state index contributed by atoms with van der Waals surface area (Å²) in [6.07, 6.45) is 5.13. The van der Waals surface area contributed by atoms with Gasteiger partial charge in [0.05, 0.1) is 13.2 Å². The molecule has 1 unspecified atom stereocenters. The third-order valence-electron chi connectivity index (χ3n) is 3.23. The van der Waals surface area contributed by atoms with Gasteiger partial charge >= 0.3 is 0 Å². The summed E-state index contributed by atoms with van der Waals surface area (Å²) in [4.78, 5) is 0. The Morgan fingerprint density at radius 1 is 1.39 bits per heavy atom. The van der Waals surface area contributed by atoms with Gasteiger partial charge in [-0.1, -0.05) is 0 Å². The highest BCUT2D eigenvalue weighted by atomic mass is 16.5. The van der Waals surface area contributed by atoms with Gasteiger partial charge in [0.15, 0.2) is 0 Å². The second-order valence-electron chi connectivity index (χ2n) is 4.70. The molecule has 1 aliphatic heterocycles. The fraction of sp³-hybridized carbons (Fsp3) is 0.571. The molecule has 3 N–H and O–H groups in total. The normalized spacial score (nSPS) is 19.5. The Bertz CT molecular complexity index is 376. The van der Waals surface area contributed by atoms with Crippen molar-refractivity contribution in [3.05, 3.63) is 18.2 Å². The minimum Gasteiger partial charge on any atom is -0.497 e. The minimum absolute atomic E-state index is 0.411. The molecule has 4 nitrogen and oxygen atoms in total. The van der Waals surface area contributed by atoms with Crippen LogP contribution in [0.3, 0.4) is 0 Å². The van der Waals surface area contributed by atoms with Gasteiger partial charge in [0.1, 0.15) is 5.75 Å². The van der Waals surface area contributed by atoms with Gasteiger partial charge in [-0.25, -0.2) is 0 Å². The number of benzene rings is 1. The van der Waals surface area contributed by atoms with Crippen LogP contribution in [0.5, 0.6) is 5.75 Å². The van der Waals surface area contributed by atoms with E-state index < -0.39 is 0 Å². The van der Waals surface area contributed by atoms with Crippen molar-refractivity contribution in [1.29, 1.82) is 0 Å². The molecule has 0 bridgehead atoms. The Kier molecular flexibility index (Phi) is 4.70. The maximum atomic E-state index is 5.80. The minimum atomic E-state index is 0.411. The van der Waals surface area contributed by atoms with Crippen molar-refractivity contribution < 1.29 is 9.47 Å². The van der Waals surface area contributed by atoms with E-state index >= 15 is 0 Å². The van der Waals surface area contributed by atoms with Gasteiger partial charge < -0.3 is 20.5 Å². The van der Waals surface area contributed by atoms with Crippen molar-refractivity contribution in [2.24, 2.45) is 0 Å². The molecule has 2 rings (SSSR count). The summed E-state index contributed by atoms with van der Waals surface area (Å²) in [6.45, 7) is 1.81. The molecule has 0 spiro atoms. The van der Waals surface area contributed by atoms with Crippen LogP contribution in [0.15, 0.2) is 18.2 Å². The maximum Gasteiger partial charge on any atom is 0.122 e. The first-order valence-corrected chi connectivity index (χ1v) is 6.58. The van der Waals surface area contributed by atoms with Gasteiger partial charge in [-0.05, 0) is 31.7 Å². The molecule has 1 fully saturated rings. The molecule has 0 saturated carbocycles. The lowest BCUT2D eigenvalue weighted by Gasteiger charge is -2.22. The van der Waals surface area contributed by atoms with Crippen LogP contribution in [0.4, 0.5) is 11.4 Å². The lowest BCUT2D eigenvalue weighted by Crippen LogP contribution is -2.22. The molecule has 0 radical (unpaired) electrons. The summed E-state index contributed by atoms with van der Waals surface area (Å²) in [5.41, 5.74) is 7.52. The molecule has 1 aromatic carbocycles. The SMILES string of the molecule is COc1cc(N)cc(NCCC2CCCCO2)c1. The molecular formula is C14H22N2O2. The van der Waals surface area contributed by atoms with Crippen molar-refractivity contribution in [3.63, 3.8) is 0 Å². The number of nitrogens with one attached hydrogen (secondary N) is 1. The summed E-state index contributed by atoms with van der Waals surface area (Å²) < 4.78 is 10.9. The first-order valence-electron chi connectivity index (χ1n) is 6.58. The van der Waals surface area contributed by atoms with Crippen molar-refractivity contribution in [3.8, 4) is 5.75 Å². The smallest absolute Gasteiger partial charge is 0.122 e. The number of hydrogen-bond donors (Lipinski definition) is 2. The summed E-state index contributed by atoms with van der Waals surface area (Å²) >= 11 is 0. The molecule has 1 heterocycles. The van der Waals surface area contributed by atoms with E-state index in [0.717, 1.165) is 31.0 Å². The molecule has 1 saturated heterocycles. The molecule has 0 amide bonds. The maximum absolute atomic E-state index is 5.80. The molecule has 18 heavy (non-hydrogen) atoms. The average molecular weight is 250 g/mol. The lowest BCUT2D eigenvalue weighted by molar-refractivity contribution is 0.0134. The van der Waals surface area contributed by atoms with E-state index in [9.17, 15) is 0 Å². The fourth-order valence-electron chi connectivity index (χ4n) is 2.25. The second kappa shape index (κ2) is 6.50. The molecule has 1 aromatic rings. The monoisotopic (exact) mass is 250 g/mol. The first-order chi connectivity index (χ1) is 8.78. The van der Waals surface area contributed by atoms with E-state index in [1.165, 1.54) is 19.3 Å². The number of nitrogens with two attached hydrogens (primary N) is 1. The molecule has 4 heteroatoms. The van der Waals surface area contributed by atoms with Gasteiger partial charge in [-0.2, -0.15) is 0 Å². The lowest BCUT2D eigenvalue weighted by atomic mass is 10.1. The Hall–Kier alpha value is -1.42. The standard InChI is InChI=1S/C14H22N2O2/c1-17-14-9-11(15)8-12(10-14)16-6-5-13-4-2-3-7-18-13/h8-10,13,16H,2-7,15H2,1H3. The van der Waals surface area contributed by atoms with Crippen LogP contribution in [-0.2, 0) is 4.74 Å². The van der Waals surface area contributed by atoms with Crippen LogP contribution in [0, 0.1) is 0 Å². The highest BCUT2D eigenvalue weighted by molar-refractivity contribution is 5.59. The van der Waals surface area contributed by atoms with Crippen LogP contribution in [0.1, 0.15) is 25.7 Å². The van der Waals surface area contributed by atoms with E-state index in [1.54, 1.807) is 7.11 Å². The van der Waals surface area contributed by atoms with Crippen LogP contribution in [0.25, 0.3) is 0 Å². The fourth-order valence-corrected chi connectivity index (χ4v) is 2.25. The number of hydrogen-bond acceptors (Lipinski definition) is 4. The van der Waals surface area contributed by atoms with Crippen LogP contribution >= 0.6 is 0 Å². The van der Waals surface area contributed by atoms with E-state index in [1.807, 2.05) is 18.2 Å². The van der Waals surface area contributed by atoms with Gasteiger partial charge in [0.25, 0.3) is 0 Å². The predicted octanol–water partition coefficient (Wildman–Crippen LogP) is 2.65. The molecule has 1 atom stereocenters. The average Bonchev–Trinajstić information content (AvgIpc) is 2.39. The summed E-state index contributed by atoms with van der Waals surface area (Å²) in [7, 11) is 1.65. The van der Waals surface area contributed by atoms with Crippen molar-refractivity contribution >= 4 is 11.4 Å². The van der Waals surface area contributed by atoms with Gasteiger partial charge in [0, 0.05) is 36.7 Å². The van der Waals surface area contributed by atoms with Gasteiger partial charge in [-0.15, -0.1) is 0 Å². The first kappa shape index (κ1) is 13.0. The Labute approximate surface area is 108 Å². The number of ether oxygens (including phenoxy) is 2. The van der Waals surface area contributed by atoms with Crippen molar-refractivity contribution in [2.45, 2.75) is 31.8 Å². The largest absolute Gasteiger partial charge is 0.497 e. The second-order valence-corrected chi connectivity index (χ2v) is 4.70. The van der Waals surface area contributed by atoms with Crippen LogP contribution in [0.2, 0.25) is 0 Å². The summed E-state index contributed by atoms with van der Waals surface area (Å²) in [5, 5.41) is 3.37.